The van der Waals surface area contributed by atoms with E-state index >= 15 is 0 Å². The summed E-state index contributed by atoms with van der Waals surface area (Å²) >= 11 is 0. The Morgan fingerprint density at radius 1 is 1.37 bits per heavy atom. The van der Waals surface area contributed by atoms with E-state index in [1.54, 1.807) is 12.1 Å². The summed E-state index contributed by atoms with van der Waals surface area (Å²) in [6, 6.07) is 7.23. The summed E-state index contributed by atoms with van der Waals surface area (Å²) in [5.74, 6) is -0.152. The fourth-order valence-corrected chi connectivity index (χ4v) is 2.55. The van der Waals surface area contributed by atoms with Crippen LogP contribution >= 0.6 is 0 Å². The van der Waals surface area contributed by atoms with Crippen molar-refractivity contribution in [3.63, 3.8) is 0 Å². The number of hydrogen-bond acceptors (Lipinski definition) is 2. The van der Waals surface area contributed by atoms with E-state index in [2.05, 4.69) is 19.2 Å². The van der Waals surface area contributed by atoms with Crippen LogP contribution in [0.2, 0.25) is 0 Å². The van der Waals surface area contributed by atoms with Gasteiger partial charge in [0.25, 0.3) is 0 Å². The van der Waals surface area contributed by atoms with E-state index in [-0.39, 0.29) is 5.82 Å². The highest BCUT2D eigenvalue weighted by Gasteiger charge is 2.27. The molecule has 0 aromatic heterocycles. The SMILES string of the molecule is CC(Cc1cccc(F)c1)NCC1(C)CCOCC1. The molecule has 1 aliphatic heterocycles. The Labute approximate surface area is 115 Å². The fourth-order valence-electron chi connectivity index (χ4n) is 2.55. The Hall–Kier alpha value is -0.930. The summed E-state index contributed by atoms with van der Waals surface area (Å²) in [5.41, 5.74) is 1.39. The van der Waals surface area contributed by atoms with E-state index in [9.17, 15) is 4.39 Å². The largest absolute Gasteiger partial charge is 0.381 e. The van der Waals surface area contributed by atoms with Gasteiger partial charge in [0, 0.05) is 25.8 Å². The standard InChI is InChI=1S/C16H24FNO/c1-13(10-14-4-3-5-15(17)11-14)18-12-16(2)6-8-19-9-7-16/h3-5,11,13,18H,6-10,12H2,1-2H3. The van der Waals surface area contributed by atoms with Gasteiger partial charge in [-0.3, -0.25) is 0 Å². The van der Waals surface area contributed by atoms with Gasteiger partial charge in [-0.15, -0.1) is 0 Å². The minimum absolute atomic E-state index is 0.152. The molecule has 1 aromatic rings. The van der Waals surface area contributed by atoms with Crippen LogP contribution in [0.5, 0.6) is 0 Å². The molecule has 1 unspecified atom stereocenters. The molecule has 1 aliphatic rings. The van der Waals surface area contributed by atoms with Gasteiger partial charge >= 0.3 is 0 Å². The van der Waals surface area contributed by atoms with Gasteiger partial charge in [-0.05, 0) is 49.3 Å². The highest BCUT2D eigenvalue weighted by molar-refractivity contribution is 5.17. The van der Waals surface area contributed by atoms with Crippen molar-refractivity contribution in [2.24, 2.45) is 5.41 Å². The molecule has 0 bridgehead atoms. The van der Waals surface area contributed by atoms with E-state index in [0.717, 1.165) is 44.6 Å². The van der Waals surface area contributed by atoms with E-state index in [4.69, 9.17) is 4.74 Å². The molecule has 19 heavy (non-hydrogen) atoms. The average molecular weight is 265 g/mol. The van der Waals surface area contributed by atoms with Crippen molar-refractivity contribution < 1.29 is 9.13 Å². The van der Waals surface area contributed by atoms with Gasteiger partial charge in [-0.25, -0.2) is 4.39 Å². The van der Waals surface area contributed by atoms with Crippen LogP contribution in [0, 0.1) is 11.2 Å². The third-order valence-electron chi connectivity index (χ3n) is 4.01. The lowest BCUT2D eigenvalue weighted by atomic mass is 9.82. The molecule has 0 radical (unpaired) electrons. The van der Waals surface area contributed by atoms with Crippen LogP contribution in [0.3, 0.4) is 0 Å². The van der Waals surface area contributed by atoms with Gasteiger partial charge in [0.05, 0.1) is 0 Å². The maximum Gasteiger partial charge on any atom is 0.123 e. The van der Waals surface area contributed by atoms with Crippen molar-refractivity contribution >= 4 is 0 Å². The summed E-state index contributed by atoms with van der Waals surface area (Å²) in [6.45, 7) is 7.23. The number of ether oxygens (including phenoxy) is 1. The van der Waals surface area contributed by atoms with Crippen LogP contribution in [0.15, 0.2) is 24.3 Å². The second-order valence-electron chi connectivity index (χ2n) is 6.04. The van der Waals surface area contributed by atoms with E-state index in [0.29, 0.717) is 11.5 Å². The first-order valence-electron chi connectivity index (χ1n) is 7.13. The minimum atomic E-state index is -0.152. The lowest BCUT2D eigenvalue weighted by Crippen LogP contribution is -2.41. The first kappa shape index (κ1) is 14.5. The summed E-state index contributed by atoms with van der Waals surface area (Å²) in [4.78, 5) is 0. The van der Waals surface area contributed by atoms with Crippen LogP contribution in [0.25, 0.3) is 0 Å². The third-order valence-corrected chi connectivity index (χ3v) is 4.01. The fraction of sp³-hybridized carbons (Fsp3) is 0.625. The molecule has 3 heteroatoms. The van der Waals surface area contributed by atoms with Gasteiger partial charge in [0.15, 0.2) is 0 Å². The van der Waals surface area contributed by atoms with Crippen LogP contribution in [0.1, 0.15) is 32.3 Å². The molecule has 0 spiro atoms. The summed E-state index contributed by atoms with van der Waals surface area (Å²) < 4.78 is 18.5. The number of hydrogen-bond donors (Lipinski definition) is 1. The number of rotatable bonds is 5. The van der Waals surface area contributed by atoms with Gasteiger partial charge in [0.1, 0.15) is 5.82 Å². The Morgan fingerprint density at radius 2 is 2.11 bits per heavy atom. The van der Waals surface area contributed by atoms with E-state index in [1.807, 2.05) is 6.07 Å². The summed E-state index contributed by atoms with van der Waals surface area (Å²) in [5, 5.41) is 3.58. The third kappa shape index (κ3) is 4.59. The molecular formula is C16H24FNO. The van der Waals surface area contributed by atoms with Gasteiger partial charge < -0.3 is 10.1 Å². The molecule has 0 saturated carbocycles. The molecule has 2 nitrogen and oxygen atoms in total. The lowest BCUT2D eigenvalue weighted by molar-refractivity contribution is 0.0231. The van der Waals surface area contributed by atoms with Crippen molar-refractivity contribution in [1.29, 1.82) is 0 Å². The molecular weight excluding hydrogens is 241 g/mol. The highest BCUT2D eigenvalue weighted by Crippen LogP contribution is 2.28. The first-order chi connectivity index (χ1) is 9.07. The molecule has 2 rings (SSSR count). The van der Waals surface area contributed by atoms with Crippen molar-refractivity contribution in [3.05, 3.63) is 35.6 Å². The second kappa shape index (κ2) is 6.49. The maximum absolute atomic E-state index is 13.1. The van der Waals surface area contributed by atoms with Crippen molar-refractivity contribution in [3.8, 4) is 0 Å². The number of nitrogens with one attached hydrogen (secondary N) is 1. The van der Waals surface area contributed by atoms with E-state index < -0.39 is 0 Å². The topological polar surface area (TPSA) is 21.3 Å². The average Bonchev–Trinajstić information content (AvgIpc) is 2.38. The molecule has 1 N–H and O–H groups in total. The smallest absolute Gasteiger partial charge is 0.123 e. The maximum atomic E-state index is 13.1. The minimum Gasteiger partial charge on any atom is -0.381 e. The number of benzene rings is 1. The zero-order valence-corrected chi connectivity index (χ0v) is 11.9. The van der Waals surface area contributed by atoms with Crippen molar-refractivity contribution in [1.82, 2.24) is 5.32 Å². The molecule has 1 aromatic carbocycles. The molecule has 0 amide bonds. The predicted octanol–water partition coefficient (Wildman–Crippen LogP) is 3.16. The quantitative estimate of drug-likeness (QED) is 0.883. The number of halogens is 1. The normalized spacial score (nSPS) is 20.2. The highest BCUT2D eigenvalue weighted by atomic mass is 19.1. The van der Waals surface area contributed by atoms with Crippen LogP contribution in [0.4, 0.5) is 4.39 Å². The van der Waals surface area contributed by atoms with Crippen LogP contribution in [-0.2, 0) is 11.2 Å². The summed E-state index contributed by atoms with van der Waals surface area (Å²) in [6.07, 6.45) is 3.10. The summed E-state index contributed by atoms with van der Waals surface area (Å²) in [7, 11) is 0. The molecule has 1 heterocycles. The van der Waals surface area contributed by atoms with Gasteiger partial charge in [-0.1, -0.05) is 19.1 Å². The molecule has 1 fully saturated rings. The zero-order chi connectivity index (χ0) is 13.7. The monoisotopic (exact) mass is 265 g/mol. The van der Waals surface area contributed by atoms with Crippen molar-refractivity contribution in [2.75, 3.05) is 19.8 Å². The molecule has 0 aliphatic carbocycles. The first-order valence-corrected chi connectivity index (χ1v) is 7.13. The van der Waals surface area contributed by atoms with Gasteiger partial charge in [0.2, 0.25) is 0 Å². The second-order valence-corrected chi connectivity index (χ2v) is 6.04. The predicted molar refractivity (Wildman–Crippen MR) is 75.7 cm³/mol. The molecule has 1 saturated heterocycles. The Bertz CT molecular complexity index is 401. The molecule has 106 valence electrons. The van der Waals surface area contributed by atoms with Crippen LogP contribution < -0.4 is 5.32 Å². The molecule has 1 atom stereocenters. The Kier molecular flexibility index (Phi) is 4.94. The zero-order valence-electron chi connectivity index (χ0n) is 11.9. The van der Waals surface area contributed by atoms with Crippen molar-refractivity contribution in [2.45, 2.75) is 39.2 Å². The van der Waals surface area contributed by atoms with Crippen LogP contribution in [-0.4, -0.2) is 25.8 Å². The lowest BCUT2D eigenvalue weighted by Gasteiger charge is -2.34. The van der Waals surface area contributed by atoms with Gasteiger partial charge in [-0.2, -0.15) is 0 Å². The Balaban J connectivity index is 1.79. The van der Waals surface area contributed by atoms with E-state index in [1.165, 1.54) is 6.07 Å². The Morgan fingerprint density at radius 3 is 2.79 bits per heavy atom.